The van der Waals surface area contributed by atoms with Crippen molar-refractivity contribution in [2.75, 3.05) is 6.54 Å². The van der Waals surface area contributed by atoms with Gasteiger partial charge in [-0.25, -0.2) is 0 Å². The van der Waals surface area contributed by atoms with Crippen LogP contribution >= 0.6 is 23.2 Å². The molecule has 0 aliphatic rings. The highest BCUT2D eigenvalue weighted by Gasteiger charge is 2.21. The van der Waals surface area contributed by atoms with Crippen molar-refractivity contribution in [1.82, 2.24) is 5.32 Å². The van der Waals surface area contributed by atoms with E-state index in [-0.39, 0.29) is 34.1 Å². The number of hydrogen-bond donors (Lipinski definition) is 1. The van der Waals surface area contributed by atoms with Gasteiger partial charge >= 0.3 is 0 Å². The lowest BCUT2D eigenvalue weighted by Gasteiger charge is -2.14. The smallest absolute Gasteiger partial charge is 0.282 e. The van der Waals surface area contributed by atoms with Crippen molar-refractivity contribution >= 4 is 34.8 Å². The zero-order valence-electron chi connectivity index (χ0n) is 10.5. The van der Waals surface area contributed by atoms with Crippen LogP contribution in [0, 0.1) is 16.0 Å². The molecule has 0 saturated heterocycles. The van der Waals surface area contributed by atoms with Gasteiger partial charge in [-0.1, -0.05) is 25.4 Å². The van der Waals surface area contributed by atoms with E-state index in [4.69, 9.17) is 23.2 Å². The molecule has 0 aliphatic carbocycles. The van der Waals surface area contributed by atoms with Crippen molar-refractivity contribution in [2.24, 2.45) is 5.92 Å². The predicted octanol–water partition coefficient (Wildman–Crippen LogP) is 3.24. The van der Waals surface area contributed by atoms with E-state index in [1.54, 1.807) is 0 Å². The van der Waals surface area contributed by atoms with Gasteiger partial charge in [0.15, 0.2) is 0 Å². The summed E-state index contributed by atoms with van der Waals surface area (Å²) in [7, 11) is 0. The van der Waals surface area contributed by atoms with E-state index in [0.29, 0.717) is 0 Å². The number of nitro groups is 1. The Kier molecular flexibility index (Phi) is 5.57. The van der Waals surface area contributed by atoms with E-state index >= 15 is 0 Å². The number of benzene rings is 1. The van der Waals surface area contributed by atoms with Crippen LogP contribution in [0.2, 0.25) is 5.02 Å². The zero-order chi connectivity index (χ0) is 14.6. The number of carbonyl (C=O) groups excluding carboxylic acids is 1. The third-order valence-corrected chi connectivity index (χ3v) is 3.47. The second kappa shape index (κ2) is 6.73. The number of nitrogens with zero attached hydrogens (tertiary/aromatic N) is 1. The van der Waals surface area contributed by atoms with Gasteiger partial charge in [0.1, 0.15) is 5.56 Å². The van der Waals surface area contributed by atoms with E-state index < -0.39 is 10.8 Å². The zero-order valence-corrected chi connectivity index (χ0v) is 12.0. The molecule has 1 amide bonds. The third kappa shape index (κ3) is 4.36. The molecule has 0 aromatic heterocycles. The fourth-order valence-electron chi connectivity index (χ4n) is 1.37. The molecule has 0 radical (unpaired) electrons. The van der Waals surface area contributed by atoms with Crippen molar-refractivity contribution in [3.05, 3.63) is 38.9 Å². The summed E-state index contributed by atoms with van der Waals surface area (Å²) in [6.07, 6.45) is 0. The van der Waals surface area contributed by atoms with Gasteiger partial charge in [0, 0.05) is 17.6 Å². The van der Waals surface area contributed by atoms with Crippen molar-refractivity contribution in [3.8, 4) is 0 Å². The van der Waals surface area contributed by atoms with Crippen LogP contribution in [0.25, 0.3) is 0 Å². The average molecular weight is 305 g/mol. The number of nitro benzene ring substituents is 1. The summed E-state index contributed by atoms with van der Waals surface area (Å²) >= 11 is 11.8. The molecule has 1 aromatic rings. The Morgan fingerprint density at radius 3 is 2.63 bits per heavy atom. The molecule has 1 atom stereocenters. The Labute approximate surface area is 121 Å². The summed E-state index contributed by atoms with van der Waals surface area (Å²) in [4.78, 5) is 22.1. The van der Waals surface area contributed by atoms with Crippen LogP contribution in [0.5, 0.6) is 0 Å². The Bertz CT molecular complexity index is 492. The molecule has 5 nitrogen and oxygen atoms in total. The molecule has 0 bridgehead atoms. The first-order valence-electron chi connectivity index (χ1n) is 5.69. The second-order valence-corrected chi connectivity index (χ2v) is 5.39. The lowest BCUT2D eigenvalue weighted by Crippen LogP contribution is -2.32. The standard InChI is InChI=1S/C12H14Cl2N2O3/c1-7(2)10(14)6-15-12(17)9-5-8(13)3-4-11(9)16(18)19/h3-5,7,10H,6H2,1-2H3,(H,15,17). The maximum absolute atomic E-state index is 11.9. The first-order valence-corrected chi connectivity index (χ1v) is 6.50. The summed E-state index contributed by atoms with van der Waals surface area (Å²) < 4.78 is 0. The third-order valence-electron chi connectivity index (χ3n) is 2.58. The lowest BCUT2D eigenvalue weighted by atomic mass is 10.1. The number of alkyl halides is 1. The molecule has 1 N–H and O–H groups in total. The van der Waals surface area contributed by atoms with Gasteiger partial charge in [-0.2, -0.15) is 0 Å². The van der Waals surface area contributed by atoms with Gasteiger partial charge in [0.2, 0.25) is 0 Å². The second-order valence-electron chi connectivity index (χ2n) is 4.39. The molecule has 104 valence electrons. The van der Waals surface area contributed by atoms with Gasteiger partial charge in [0.25, 0.3) is 11.6 Å². The van der Waals surface area contributed by atoms with Crippen LogP contribution in [0.15, 0.2) is 18.2 Å². The maximum Gasteiger partial charge on any atom is 0.282 e. The molecule has 1 unspecified atom stereocenters. The first kappa shape index (κ1) is 15.7. The quantitative estimate of drug-likeness (QED) is 0.515. The Hall–Kier alpha value is -1.33. The van der Waals surface area contributed by atoms with Crippen molar-refractivity contribution in [3.63, 3.8) is 0 Å². The number of rotatable bonds is 5. The number of halogens is 2. The van der Waals surface area contributed by atoms with Crippen LogP contribution in [-0.4, -0.2) is 22.8 Å². The van der Waals surface area contributed by atoms with Crippen LogP contribution in [-0.2, 0) is 0 Å². The molecule has 1 rings (SSSR count). The van der Waals surface area contributed by atoms with Crippen molar-refractivity contribution in [2.45, 2.75) is 19.2 Å². The Balaban J connectivity index is 2.87. The highest BCUT2D eigenvalue weighted by Crippen LogP contribution is 2.22. The Morgan fingerprint density at radius 1 is 1.47 bits per heavy atom. The van der Waals surface area contributed by atoms with Gasteiger partial charge in [0.05, 0.1) is 10.3 Å². The molecule has 0 saturated carbocycles. The fourth-order valence-corrected chi connectivity index (χ4v) is 1.62. The number of hydrogen-bond acceptors (Lipinski definition) is 3. The molecule has 0 aliphatic heterocycles. The average Bonchev–Trinajstić information content (AvgIpc) is 2.34. The molecule has 1 aromatic carbocycles. The summed E-state index contributed by atoms with van der Waals surface area (Å²) in [5.74, 6) is -0.364. The fraction of sp³-hybridized carbons (Fsp3) is 0.417. The van der Waals surface area contributed by atoms with Gasteiger partial charge < -0.3 is 5.32 Å². The summed E-state index contributed by atoms with van der Waals surface area (Å²) in [6, 6.07) is 3.85. The van der Waals surface area contributed by atoms with Gasteiger partial charge in [-0.3, -0.25) is 14.9 Å². The van der Waals surface area contributed by atoms with Crippen LogP contribution in [0.1, 0.15) is 24.2 Å². The molecule has 0 fully saturated rings. The van der Waals surface area contributed by atoms with Gasteiger partial charge in [-0.05, 0) is 18.1 Å². The predicted molar refractivity (Wildman–Crippen MR) is 74.9 cm³/mol. The SMILES string of the molecule is CC(C)C(Cl)CNC(=O)c1cc(Cl)ccc1[N+](=O)[O-]. The van der Waals surface area contributed by atoms with Crippen LogP contribution in [0.4, 0.5) is 5.69 Å². The highest BCUT2D eigenvalue weighted by atomic mass is 35.5. The van der Waals surface area contributed by atoms with Gasteiger partial charge in [-0.15, -0.1) is 11.6 Å². The minimum absolute atomic E-state index is 0.0647. The topological polar surface area (TPSA) is 72.2 Å². The highest BCUT2D eigenvalue weighted by molar-refractivity contribution is 6.31. The first-order chi connectivity index (χ1) is 8.82. The van der Waals surface area contributed by atoms with Crippen molar-refractivity contribution in [1.29, 1.82) is 0 Å². The number of carbonyl (C=O) groups is 1. The largest absolute Gasteiger partial charge is 0.350 e. The van der Waals surface area contributed by atoms with E-state index in [9.17, 15) is 14.9 Å². The molecule has 0 spiro atoms. The molecule has 19 heavy (non-hydrogen) atoms. The van der Waals surface area contributed by atoms with E-state index in [0.717, 1.165) is 0 Å². The Morgan fingerprint density at radius 2 is 2.11 bits per heavy atom. The lowest BCUT2D eigenvalue weighted by molar-refractivity contribution is -0.385. The maximum atomic E-state index is 11.9. The van der Waals surface area contributed by atoms with E-state index in [2.05, 4.69) is 5.32 Å². The van der Waals surface area contributed by atoms with Crippen LogP contribution < -0.4 is 5.32 Å². The minimum Gasteiger partial charge on any atom is -0.350 e. The number of nitrogens with one attached hydrogen (secondary N) is 1. The van der Waals surface area contributed by atoms with E-state index in [1.807, 2.05) is 13.8 Å². The normalized spacial score (nSPS) is 12.3. The summed E-state index contributed by atoms with van der Waals surface area (Å²) in [6.45, 7) is 4.08. The van der Waals surface area contributed by atoms with Crippen LogP contribution in [0.3, 0.4) is 0 Å². The molecular weight excluding hydrogens is 291 g/mol. The summed E-state index contributed by atoms with van der Waals surface area (Å²) in [5.41, 5.74) is -0.345. The number of amides is 1. The van der Waals surface area contributed by atoms with E-state index in [1.165, 1.54) is 18.2 Å². The van der Waals surface area contributed by atoms with Crippen molar-refractivity contribution < 1.29 is 9.72 Å². The molecule has 0 heterocycles. The summed E-state index contributed by atoms with van der Waals surface area (Å²) in [5, 5.41) is 13.4. The molecular formula is C12H14Cl2N2O3. The monoisotopic (exact) mass is 304 g/mol. The minimum atomic E-state index is -0.619. The molecule has 7 heteroatoms.